The first-order valence-corrected chi connectivity index (χ1v) is 5.14. The molecule has 15 heavy (non-hydrogen) atoms. The molecule has 3 nitrogen and oxygen atoms in total. The van der Waals surface area contributed by atoms with Crippen molar-refractivity contribution in [3.8, 4) is 5.69 Å². The van der Waals surface area contributed by atoms with Crippen LogP contribution in [0.25, 0.3) is 5.69 Å². The molecule has 0 fully saturated rings. The molecule has 78 valence electrons. The fourth-order valence-electron chi connectivity index (χ4n) is 1.28. The number of benzene rings is 1. The molecule has 0 radical (unpaired) electrons. The van der Waals surface area contributed by atoms with E-state index in [1.807, 2.05) is 6.20 Å². The minimum atomic E-state index is 0.408. The van der Waals surface area contributed by atoms with Gasteiger partial charge in [-0.15, -0.1) is 0 Å². The first-order chi connectivity index (χ1) is 7.20. The molecule has 0 aliphatic rings. The first kappa shape index (κ1) is 10.5. The second-order valence-corrected chi connectivity index (χ2v) is 3.92. The van der Waals surface area contributed by atoms with Crippen LogP contribution in [0.15, 0.2) is 30.7 Å². The molecule has 0 bridgehead atoms. The van der Waals surface area contributed by atoms with Gasteiger partial charge >= 0.3 is 0 Å². The molecule has 0 aliphatic carbocycles. The average Bonchev–Trinajstić information content (AvgIpc) is 2.70. The van der Waals surface area contributed by atoms with Crippen molar-refractivity contribution in [2.24, 2.45) is 5.73 Å². The monoisotopic (exact) mass is 241 g/mol. The zero-order valence-electron chi connectivity index (χ0n) is 7.82. The van der Waals surface area contributed by atoms with Crippen molar-refractivity contribution < 1.29 is 0 Å². The summed E-state index contributed by atoms with van der Waals surface area (Å²) in [7, 11) is 0. The normalized spacial score (nSPS) is 10.6. The standard InChI is InChI=1S/C10H9Cl2N3/c11-7-1-2-9(12)10(3-7)15-5-8(4-13)14-6-15/h1-3,5-6H,4,13H2. The SMILES string of the molecule is NCc1cn(-c2cc(Cl)ccc2Cl)cn1. The van der Waals surface area contributed by atoms with Gasteiger partial charge in [-0.2, -0.15) is 0 Å². The smallest absolute Gasteiger partial charge is 0.0996 e. The summed E-state index contributed by atoms with van der Waals surface area (Å²) in [5, 5.41) is 1.26. The molecule has 2 aromatic rings. The van der Waals surface area contributed by atoms with Crippen LogP contribution in [0.5, 0.6) is 0 Å². The molecule has 0 aliphatic heterocycles. The largest absolute Gasteiger partial charge is 0.325 e. The summed E-state index contributed by atoms with van der Waals surface area (Å²) >= 11 is 11.9. The zero-order chi connectivity index (χ0) is 10.8. The third-order valence-electron chi connectivity index (χ3n) is 2.03. The van der Waals surface area contributed by atoms with Crippen molar-refractivity contribution in [2.45, 2.75) is 6.54 Å². The maximum atomic E-state index is 6.04. The Hall–Kier alpha value is -1.03. The van der Waals surface area contributed by atoms with Gasteiger partial charge in [0.15, 0.2) is 0 Å². The number of nitrogens with zero attached hydrogens (tertiary/aromatic N) is 2. The lowest BCUT2D eigenvalue weighted by Crippen LogP contribution is -1.96. The third kappa shape index (κ3) is 2.15. The van der Waals surface area contributed by atoms with E-state index in [0.29, 0.717) is 16.6 Å². The highest BCUT2D eigenvalue weighted by molar-refractivity contribution is 6.34. The fourth-order valence-corrected chi connectivity index (χ4v) is 1.67. The van der Waals surface area contributed by atoms with E-state index in [4.69, 9.17) is 28.9 Å². The van der Waals surface area contributed by atoms with Crippen LogP contribution in [0.3, 0.4) is 0 Å². The van der Waals surface area contributed by atoms with E-state index < -0.39 is 0 Å². The van der Waals surface area contributed by atoms with Crippen LogP contribution >= 0.6 is 23.2 Å². The first-order valence-electron chi connectivity index (χ1n) is 4.39. The Balaban J connectivity index is 2.48. The molecule has 1 aromatic carbocycles. The van der Waals surface area contributed by atoms with Crippen molar-refractivity contribution in [3.05, 3.63) is 46.5 Å². The molecule has 0 unspecified atom stereocenters. The maximum Gasteiger partial charge on any atom is 0.0996 e. The van der Waals surface area contributed by atoms with E-state index in [9.17, 15) is 0 Å². The summed E-state index contributed by atoms with van der Waals surface area (Å²) in [5.74, 6) is 0. The number of rotatable bonds is 2. The molecule has 0 saturated heterocycles. The summed E-state index contributed by atoms with van der Waals surface area (Å²) in [6.45, 7) is 0.408. The van der Waals surface area contributed by atoms with Crippen LogP contribution in [0.4, 0.5) is 0 Å². The number of imidazole rings is 1. The van der Waals surface area contributed by atoms with Crippen LogP contribution in [0, 0.1) is 0 Å². The maximum absolute atomic E-state index is 6.04. The Morgan fingerprint density at radius 2 is 2.13 bits per heavy atom. The van der Waals surface area contributed by atoms with E-state index in [-0.39, 0.29) is 0 Å². The predicted octanol–water partition coefficient (Wildman–Crippen LogP) is 2.64. The Kier molecular flexibility index (Phi) is 2.95. The molecule has 0 spiro atoms. The van der Waals surface area contributed by atoms with Gasteiger partial charge in [0.2, 0.25) is 0 Å². The molecular weight excluding hydrogens is 233 g/mol. The van der Waals surface area contributed by atoms with Gasteiger partial charge in [0.1, 0.15) is 0 Å². The molecule has 0 amide bonds. The number of halogens is 2. The van der Waals surface area contributed by atoms with Crippen molar-refractivity contribution >= 4 is 23.2 Å². The van der Waals surface area contributed by atoms with Crippen LogP contribution in [-0.4, -0.2) is 9.55 Å². The summed E-state index contributed by atoms with van der Waals surface area (Å²) in [6, 6.07) is 5.28. The zero-order valence-corrected chi connectivity index (χ0v) is 9.33. The van der Waals surface area contributed by atoms with E-state index in [0.717, 1.165) is 11.4 Å². The van der Waals surface area contributed by atoms with Crippen LogP contribution < -0.4 is 5.73 Å². The second kappa shape index (κ2) is 4.23. The highest BCUT2D eigenvalue weighted by atomic mass is 35.5. The lowest BCUT2D eigenvalue weighted by Gasteiger charge is -2.04. The molecule has 1 heterocycles. The highest BCUT2D eigenvalue weighted by Crippen LogP contribution is 2.24. The highest BCUT2D eigenvalue weighted by Gasteiger charge is 2.04. The van der Waals surface area contributed by atoms with E-state index in [2.05, 4.69) is 4.98 Å². The molecule has 2 N–H and O–H groups in total. The van der Waals surface area contributed by atoms with E-state index in [1.165, 1.54) is 0 Å². The van der Waals surface area contributed by atoms with Gasteiger partial charge in [0, 0.05) is 17.8 Å². The van der Waals surface area contributed by atoms with Gasteiger partial charge in [-0.25, -0.2) is 4.98 Å². The summed E-state index contributed by atoms with van der Waals surface area (Å²) < 4.78 is 1.80. The third-order valence-corrected chi connectivity index (χ3v) is 2.59. The van der Waals surface area contributed by atoms with E-state index in [1.54, 1.807) is 29.1 Å². The number of nitrogens with two attached hydrogens (primary N) is 1. The predicted molar refractivity (Wildman–Crippen MR) is 61.5 cm³/mol. The van der Waals surface area contributed by atoms with Crippen molar-refractivity contribution in [2.75, 3.05) is 0 Å². The minimum Gasteiger partial charge on any atom is -0.325 e. The van der Waals surface area contributed by atoms with Crippen LogP contribution in [-0.2, 0) is 6.54 Å². The molecule has 0 atom stereocenters. The summed E-state index contributed by atoms with van der Waals surface area (Å²) in [4.78, 5) is 4.12. The van der Waals surface area contributed by atoms with Gasteiger partial charge in [-0.3, -0.25) is 0 Å². The van der Waals surface area contributed by atoms with Gasteiger partial charge < -0.3 is 10.3 Å². The molecule has 2 rings (SSSR count). The van der Waals surface area contributed by atoms with Crippen LogP contribution in [0.1, 0.15) is 5.69 Å². The van der Waals surface area contributed by atoms with Gasteiger partial charge in [0.25, 0.3) is 0 Å². The summed E-state index contributed by atoms with van der Waals surface area (Å²) in [6.07, 6.45) is 3.50. The fraction of sp³-hybridized carbons (Fsp3) is 0.100. The lowest BCUT2D eigenvalue weighted by atomic mass is 10.3. The molecule has 0 saturated carbocycles. The Morgan fingerprint density at radius 1 is 1.33 bits per heavy atom. The van der Waals surface area contributed by atoms with Crippen LogP contribution in [0.2, 0.25) is 10.0 Å². The topological polar surface area (TPSA) is 43.8 Å². The Bertz CT molecular complexity index is 479. The van der Waals surface area contributed by atoms with Crippen molar-refractivity contribution in [3.63, 3.8) is 0 Å². The van der Waals surface area contributed by atoms with Gasteiger partial charge in [-0.05, 0) is 18.2 Å². The number of hydrogen-bond donors (Lipinski definition) is 1. The second-order valence-electron chi connectivity index (χ2n) is 3.07. The molecule has 5 heteroatoms. The van der Waals surface area contributed by atoms with Crippen molar-refractivity contribution in [1.29, 1.82) is 0 Å². The molecule has 1 aromatic heterocycles. The minimum absolute atomic E-state index is 0.408. The van der Waals surface area contributed by atoms with E-state index >= 15 is 0 Å². The van der Waals surface area contributed by atoms with Crippen molar-refractivity contribution in [1.82, 2.24) is 9.55 Å². The summed E-state index contributed by atoms with van der Waals surface area (Å²) in [5.41, 5.74) is 7.09. The quantitative estimate of drug-likeness (QED) is 0.879. The number of hydrogen-bond acceptors (Lipinski definition) is 2. The van der Waals surface area contributed by atoms with Gasteiger partial charge in [-0.1, -0.05) is 23.2 Å². The van der Waals surface area contributed by atoms with Gasteiger partial charge in [0.05, 0.1) is 22.7 Å². The average molecular weight is 242 g/mol. The lowest BCUT2D eigenvalue weighted by molar-refractivity contribution is 1.01. The number of aromatic nitrogens is 2. The Morgan fingerprint density at radius 3 is 2.80 bits per heavy atom. The molecular formula is C10H9Cl2N3. The Labute approximate surface area is 97.4 Å².